The Hall–Kier alpha value is -1.25. The summed E-state index contributed by atoms with van der Waals surface area (Å²) in [6.07, 6.45) is 4.02. The molecular formula is C11H18N2O. The third kappa shape index (κ3) is 3.64. The summed E-state index contributed by atoms with van der Waals surface area (Å²) < 4.78 is 5.55. The van der Waals surface area contributed by atoms with Crippen molar-refractivity contribution < 1.29 is 4.74 Å². The third-order valence-electron chi connectivity index (χ3n) is 1.86. The van der Waals surface area contributed by atoms with E-state index in [2.05, 4.69) is 17.2 Å². The highest BCUT2D eigenvalue weighted by Gasteiger charge is 1.96. The number of aromatic nitrogens is 1. The minimum atomic E-state index is 0.784. The molecule has 0 spiro atoms. The highest BCUT2D eigenvalue weighted by molar-refractivity contribution is 5.40. The predicted octanol–water partition coefficient (Wildman–Crippen LogP) is 2.69. The van der Waals surface area contributed by atoms with Crippen LogP contribution in [0.5, 0.6) is 5.75 Å². The van der Waals surface area contributed by atoms with E-state index < -0.39 is 0 Å². The van der Waals surface area contributed by atoms with Crippen LogP contribution in [0.15, 0.2) is 18.3 Å². The molecule has 0 saturated heterocycles. The van der Waals surface area contributed by atoms with Gasteiger partial charge >= 0.3 is 0 Å². The second kappa shape index (κ2) is 6.24. The first kappa shape index (κ1) is 10.8. The molecule has 0 saturated carbocycles. The molecule has 0 amide bonds. The van der Waals surface area contributed by atoms with E-state index in [-0.39, 0.29) is 0 Å². The largest absolute Gasteiger partial charge is 0.493 e. The molecule has 78 valence electrons. The molecule has 1 aromatic rings. The van der Waals surface area contributed by atoms with E-state index >= 15 is 0 Å². The molecule has 3 nitrogen and oxygen atoms in total. The summed E-state index contributed by atoms with van der Waals surface area (Å²) in [4.78, 5) is 4.17. The summed E-state index contributed by atoms with van der Waals surface area (Å²) in [6, 6.07) is 3.82. The van der Waals surface area contributed by atoms with Gasteiger partial charge in [-0.2, -0.15) is 0 Å². The monoisotopic (exact) mass is 194 g/mol. The van der Waals surface area contributed by atoms with Crippen molar-refractivity contribution in [3.63, 3.8) is 0 Å². The van der Waals surface area contributed by atoms with Gasteiger partial charge in [0, 0.05) is 18.8 Å². The molecule has 14 heavy (non-hydrogen) atoms. The summed E-state index contributed by atoms with van der Waals surface area (Å²) in [5, 5.41) is 3.15. The van der Waals surface area contributed by atoms with E-state index in [1.807, 2.05) is 19.1 Å². The lowest BCUT2D eigenvalue weighted by Gasteiger charge is -2.07. The summed E-state index contributed by atoms with van der Waals surface area (Å²) >= 11 is 0. The molecule has 0 unspecified atom stereocenters. The van der Waals surface area contributed by atoms with Crippen LogP contribution in [0.3, 0.4) is 0 Å². The number of rotatable bonds is 6. The van der Waals surface area contributed by atoms with Crippen molar-refractivity contribution in [1.82, 2.24) is 4.98 Å². The van der Waals surface area contributed by atoms with Crippen LogP contribution < -0.4 is 10.1 Å². The molecule has 0 aromatic carbocycles. The topological polar surface area (TPSA) is 34.1 Å². The van der Waals surface area contributed by atoms with E-state index in [1.54, 1.807) is 6.20 Å². The first-order chi connectivity index (χ1) is 6.86. The van der Waals surface area contributed by atoms with Gasteiger partial charge < -0.3 is 10.1 Å². The zero-order valence-corrected chi connectivity index (χ0v) is 8.92. The van der Waals surface area contributed by atoms with E-state index in [9.17, 15) is 0 Å². The smallest absolute Gasteiger partial charge is 0.129 e. The van der Waals surface area contributed by atoms with Gasteiger partial charge in [0.05, 0.1) is 6.61 Å². The minimum absolute atomic E-state index is 0.784. The van der Waals surface area contributed by atoms with Crippen molar-refractivity contribution in [1.29, 1.82) is 0 Å². The number of unbranched alkanes of at least 4 members (excludes halogenated alkanes) is 1. The van der Waals surface area contributed by atoms with Gasteiger partial charge in [-0.3, -0.25) is 0 Å². The van der Waals surface area contributed by atoms with Gasteiger partial charge in [0.15, 0.2) is 0 Å². The molecule has 1 N–H and O–H groups in total. The molecule has 0 atom stereocenters. The predicted molar refractivity (Wildman–Crippen MR) is 58.8 cm³/mol. The normalized spacial score (nSPS) is 9.86. The number of hydrogen-bond donors (Lipinski definition) is 1. The van der Waals surface area contributed by atoms with Crippen molar-refractivity contribution >= 4 is 5.82 Å². The highest BCUT2D eigenvalue weighted by Crippen LogP contribution is 2.14. The Morgan fingerprint density at radius 1 is 1.43 bits per heavy atom. The molecule has 0 fully saturated rings. The van der Waals surface area contributed by atoms with Crippen LogP contribution in [0.4, 0.5) is 5.82 Å². The summed E-state index contributed by atoms with van der Waals surface area (Å²) in [5.41, 5.74) is 0. The zero-order valence-electron chi connectivity index (χ0n) is 8.92. The second-order valence-corrected chi connectivity index (χ2v) is 3.11. The van der Waals surface area contributed by atoms with Gasteiger partial charge in [0.25, 0.3) is 0 Å². The van der Waals surface area contributed by atoms with Crippen LogP contribution in [0.2, 0.25) is 0 Å². The summed E-state index contributed by atoms with van der Waals surface area (Å²) in [6.45, 7) is 5.86. The van der Waals surface area contributed by atoms with Crippen LogP contribution in [0.1, 0.15) is 26.7 Å². The molecule has 1 aromatic heterocycles. The van der Waals surface area contributed by atoms with Crippen molar-refractivity contribution in [3.05, 3.63) is 18.3 Å². The van der Waals surface area contributed by atoms with Crippen LogP contribution in [0.25, 0.3) is 0 Å². The lowest BCUT2D eigenvalue weighted by atomic mass is 10.3. The van der Waals surface area contributed by atoms with Crippen molar-refractivity contribution in [2.75, 3.05) is 18.5 Å². The number of pyridine rings is 1. The standard InChI is InChI=1S/C11H18N2O/c1-3-5-8-14-10-6-7-13-11(9-10)12-4-2/h6-7,9H,3-5,8H2,1-2H3,(H,12,13). The third-order valence-corrected chi connectivity index (χ3v) is 1.86. The van der Waals surface area contributed by atoms with Crippen LogP contribution in [-0.2, 0) is 0 Å². The number of hydrogen-bond acceptors (Lipinski definition) is 3. The SMILES string of the molecule is CCCCOc1ccnc(NCC)c1. The van der Waals surface area contributed by atoms with Crippen molar-refractivity contribution in [2.45, 2.75) is 26.7 Å². The maximum atomic E-state index is 5.55. The Kier molecular flexibility index (Phi) is 4.83. The van der Waals surface area contributed by atoms with Gasteiger partial charge in [-0.05, 0) is 19.4 Å². The quantitative estimate of drug-likeness (QED) is 0.707. The molecular weight excluding hydrogens is 176 g/mol. The maximum Gasteiger partial charge on any atom is 0.129 e. The maximum absolute atomic E-state index is 5.55. The first-order valence-electron chi connectivity index (χ1n) is 5.19. The zero-order chi connectivity index (χ0) is 10.2. The fourth-order valence-electron chi connectivity index (χ4n) is 1.11. The summed E-state index contributed by atoms with van der Waals surface area (Å²) in [5.74, 6) is 1.77. The Bertz CT molecular complexity index is 263. The average Bonchev–Trinajstić information content (AvgIpc) is 2.19. The van der Waals surface area contributed by atoms with Gasteiger partial charge in [0.1, 0.15) is 11.6 Å². The molecule has 0 radical (unpaired) electrons. The lowest BCUT2D eigenvalue weighted by molar-refractivity contribution is 0.309. The van der Waals surface area contributed by atoms with E-state index in [1.165, 1.54) is 0 Å². The molecule has 0 aliphatic rings. The summed E-state index contributed by atoms with van der Waals surface area (Å²) in [7, 11) is 0. The van der Waals surface area contributed by atoms with Gasteiger partial charge in [0.2, 0.25) is 0 Å². The van der Waals surface area contributed by atoms with Crippen molar-refractivity contribution in [3.8, 4) is 5.75 Å². The van der Waals surface area contributed by atoms with Gasteiger partial charge in [-0.15, -0.1) is 0 Å². The second-order valence-electron chi connectivity index (χ2n) is 3.11. The average molecular weight is 194 g/mol. The molecule has 1 rings (SSSR count). The first-order valence-corrected chi connectivity index (χ1v) is 5.19. The number of ether oxygens (including phenoxy) is 1. The Labute approximate surface area is 85.5 Å². The minimum Gasteiger partial charge on any atom is -0.493 e. The Morgan fingerprint density at radius 2 is 2.29 bits per heavy atom. The van der Waals surface area contributed by atoms with E-state index in [0.29, 0.717) is 0 Å². The fourth-order valence-corrected chi connectivity index (χ4v) is 1.11. The van der Waals surface area contributed by atoms with Crippen molar-refractivity contribution in [2.24, 2.45) is 0 Å². The highest BCUT2D eigenvalue weighted by atomic mass is 16.5. The molecule has 1 heterocycles. The number of nitrogens with one attached hydrogen (secondary N) is 1. The fraction of sp³-hybridized carbons (Fsp3) is 0.545. The number of nitrogens with zero attached hydrogens (tertiary/aromatic N) is 1. The molecule has 0 aliphatic carbocycles. The van der Waals surface area contributed by atoms with E-state index in [0.717, 1.165) is 37.6 Å². The molecule has 3 heteroatoms. The Balaban J connectivity index is 2.46. The van der Waals surface area contributed by atoms with Gasteiger partial charge in [-0.1, -0.05) is 13.3 Å². The van der Waals surface area contributed by atoms with Crippen LogP contribution in [-0.4, -0.2) is 18.1 Å². The number of anilines is 1. The van der Waals surface area contributed by atoms with E-state index in [4.69, 9.17) is 4.74 Å². The molecule has 0 bridgehead atoms. The Morgan fingerprint density at radius 3 is 3.00 bits per heavy atom. The lowest BCUT2D eigenvalue weighted by Crippen LogP contribution is -2.01. The van der Waals surface area contributed by atoms with Crippen LogP contribution >= 0.6 is 0 Å². The van der Waals surface area contributed by atoms with Crippen LogP contribution in [0, 0.1) is 0 Å². The van der Waals surface area contributed by atoms with Gasteiger partial charge in [-0.25, -0.2) is 4.98 Å². The molecule has 0 aliphatic heterocycles.